The second-order valence-electron chi connectivity index (χ2n) is 3.83. The van der Waals surface area contributed by atoms with Crippen molar-refractivity contribution in [1.29, 1.82) is 0 Å². The van der Waals surface area contributed by atoms with Crippen molar-refractivity contribution in [3.05, 3.63) is 21.9 Å². The fourth-order valence-electron chi connectivity index (χ4n) is 1.94. The summed E-state index contributed by atoms with van der Waals surface area (Å²) in [5, 5.41) is 10.9. The Morgan fingerprint density at radius 1 is 1.43 bits per heavy atom. The lowest BCUT2D eigenvalue weighted by Gasteiger charge is -2.26. The van der Waals surface area contributed by atoms with Crippen LogP contribution in [0.15, 0.2) is 11.4 Å². The van der Waals surface area contributed by atoms with Crippen LogP contribution in [0.3, 0.4) is 0 Å². The lowest BCUT2D eigenvalue weighted by molar-refractivity contribution is 0.230. The summed E-state index contributed by atoms with van der Waals surface area (Å²) < 4.78 is 0. The van der Waals surface area contributed by atoms with Gasteiger partial charge in [-0.3, -0.25) is 4.90 Å². The number of rotatable bonds is 4. The van der Waals surface area contributed by atoms with E-state index < -0.39 is 0 Å². The van der Waals surface area contributed by atoms with Gasteiger partial charge in [-0.25, -0.2) is 0 Å². The first kappa shape index (κ1) is 10.1. The topological polar surface area (TPSA) is 23.5 Å². The summed E-state index contributed by atoms with van der Waals surface area (Å²) in [7, 11) is 0. The van der Waals surface area contributed by atoms with Gasteiger partial charge in [-0.05, 0) is 42.8 Å². The van der Waals surface area contributed by atoms with Crippen molar-refractivity contribution in [2.75, 3.05) is 19.7 Å². The summed E-state index contributed by atoms with van der Waals surface area (Å²) in [5.74, 6) is 0. The first-order valence-electron chi connectivity index (χ1n) is 5.28. The van der Waals surface area contributed by atoms with E-state index in [0.29, 0.717) is 6.61 Å². The van der Waals surface area contributed by atoms with Gasteiger partial charge in [0.2, 0.25) is 0 Å². The highest BCUT2D eigenvalue weighted by atomic mass is 32.1. The summed E-state index contributed by atoms with van der Waals surface area (Å²) >= 11 is 1.89. The molecule has 0 bridgehead atoms. The number of hydrogen-bond acceptors (Lipinski definition) is 3. The van der Waals surface area contributed by atoms with E-state index in [0.717, 1.165) is 25.9 Å². The van der Waals surface area contributed by atoms with Crippen LogP contribution in [-0.4, -0.2) is 29.7 Å². The van der Waals surface area contributed by atoms with Crippen LogP contribution in [0.4, 0.5) is 0 Å². The molecular formula is C11H17NOS. The van der Waals surface area contributed by atoms with E-state index in [9.17, 15) is 0 Å². The largest absolute Gasteiger partial charge is 0.396 e. The quantitative estimate of drug-likeness (QED) is 0.769. The zero-order valence-electron chi connectivity index (χ0n) is 8.41. The smallest absolute Gasteiger partial charge is 0.0431 e. The van der Waals surface area contributed by atoms with E-state index in [1.807, 2.05) is 11.3 Å². The van der Waals surface area contributed by atoms with Crippen LogP contribution in [0.25, 0.3) is 0 Å². The average Bonchev–Trinajstić information content (AvgIpc) is 2.65. The molecule has 14 heavy (non-hydrogen) atoms. The predicted octanol–water partition coefficient (Wildman–Crippen LogP) is 1.88. The van der Waals surface area contributed by atoms with Crippen molar-refractivity contribution in [2.45, 2.75) is 25.8 Å². The lowest BCUT2D eigenvalue weighted by atomic mass is 10.1. The zero-order chi connectivity index (χ0) is 9.80. The summed E-state index contributed by atoms with van der Waals surface area (Å²) in [6, 6.07) is 2.25. The minimum absolute atomic E-state index is 0.331. The monoisotopic (exact) mass is 211 g/mol. The molecule has 1 aliphatic rings. The Bertz CT molecular complexity index is 285. The Labute approximate surface area is 89.2 Å². The number of unbranched alkanes of at least 4 members (excludes halogenated alkanes) is 1. The molecule has 1 aliphatic heterocycles. The van der Waals surface area contributed by atoms with Gasteiger partial charge in [0.1, 0.15) is 0 Å². The van der Waals surface area contributed by atoms with Gasteiger partial charge < -0.3 is 5.11 Å². The third-order valence-corrected chi connectivity index (χ3v) is 3.79. The Kier molecular flexibility index (Phi) is 3.56. The van der Waals surface area contributed by atoms with Crippen LogP contribution < -0.4 is 0 Å². The van der Waals surface area contributed by atoms with Crippen LogP contribution in [0.5, 0.6) is 0 Å². The Morgan fingerprint density at radius 3 is 3.21 bits per heavy atom. The molecule has 1 N–H and O–H groups in total. The van der Waals surface area contributed by atoms with Crippen molar-refractivity contribution in [2.24, 2.45) is 0 Å². The molecule has 0 spiro atoms. The minimum Gasteiger partial charge on any atom is -0.396 e. The molecule has 2 nitrogen and oxygen atoms in total. The van der Waals surface area contributed by atoms with Gasteiger partial charge in [-0.1, -0.05) is 0 Å². The maximum Gasteiger partial charge on any atom is 0.0431 e. The summed E-state index contributed by atoms with van der Waals surface area (Å²) in [5.41, 5.74) is 1.52. The van der Waals surface area contributed by atoms with Gasteiger partial charge in [0.25, 0.3) is 0 Å². The third kappa shape index (κ3) is 2.35. The summed E-state index contributed by atoms with van der Waals surface area (Å²) in [4.78, 5) is 4.06. The maximum atomic E-state index is 8.70. The number of aliphatic hydroxyl groups excluding tert-OH is 1. The first-order valence-corrected chi connectivity index (χ1v) is 6.16. The van der Waals surface area contributed by atoms with Crippen LogP contribution >= 0.6 is 11.3 Å². The van der Waals surface area contributed by atoms with E-state index in [2.05, 4.69) is 16.3 Å². The first-order chi connectivity index (χ1) is 6.90. The molecule has 0 saturated heterocycles. The highest BCUT2D eigenvalue weighted by Crippen LogP contribution is 2.23. The Hall–Kier alpha value is -0.380. The molecule has 2 heterocycles. The normalized spacial score (nSPS) is 16.9. The highest BCUT2D eigenvalue weighted by Gasteiger charge is 2.15. The zero-order valence-corrected chi connectivity index (χ0v) is 9.22. The molecule has 0 unspecified atom stereocenters. The molecule has 78 valence electrons. The Morgan fingerprint density at radius 2 is 2.36 bits per heavy atom. The van der Waals surface area contributed by atoms with Gasteiger partial charge >= 0.3 is 0 Å². The number of thiophene rings is 1. The summed E-state index contributed by atoms with van der Waals surface area (Å²) in [6.45, 7) is 3.77. The Balaban J connectivity index is 1.82. The molecule has 1 aromatic rings. The van der Waals surface area contributed by atoms with Crippen molar-refractivity contribution >= 4 is 11.3 Å². The number of aliphatic hydroxyl groups is 1. The third-order valence-electron chi connectivity index (χ3n) is 2.77. The summed E-state index contributed by atoms with van der Waals surface area (Å²) in [6.07, 6.45) is 3.27. The second kappa shape index (κ2) is 4.91. The molecule has 2 rings (SSSR count). The number of hydrogen-bond donors (Lipinski definition) is 1. The fraction of sp³-hybridized carbons (Fsp3) is 0.636. The lowest BCUT2D eigenvalue weighted by Crippen LogP contribution is -2.30. The predicted molar refractivity (Wildman–Crippen MR) is 59.6 cm³/mol. The molecule has 0 radical (unpaired) electrons. The van der Waals surface area contributed by atoms with Gasteiger partial charge in [-0.15, -0.1) is 11.3 Å². The van der Waals surface area contributed by atoms with Crippen LogP contribution in [-0.2, 0) is 13.0 Å². The van der Waals surface area contributed by atoms with Gasteiger partial charge in [0.05, 0.1) is 0 Å². The van der Waals surface area contributed by atoms with Crippen molar-refractivity contribution < 1.29 is 5.11 Å². The number of fused-ring (bicyclic) bond motifs is 1. The molecule has 0 aliphatic carbocycles. The molecule has 3 heteroatoms. The van der Waals surface area contributed by atoms with Gasteiger partial charge in [-0.2, -0.15) is 0 Å². The van der Waals surface area contributed by atoms with Crippen molar-refractivity contribution in [3.8, 4) is 0 Å². The molecule has 0 fully saturated rings. The minimum atomic E-state index is 0.331. The van der Waals surface area contributed by atoms with Crippen LogP contribution in [0.2, 0.25) is 0 Å². The van der Waals surface area contributed by atoms with E-state index in [4.69, 9.17) is 5.11 Å². The van der Waals surface area contributed by atoms with E-state index in [1.54, 1.807) is 4.88 Å². The molecule has 1 aromatic heterocycles. The van der Waals surface area contributed by atoms with Crippen molar-refractivity contribution in [1.82, 2.24) is 4.90 Å². The molecule has 0 amide bonds. The fourth-order valence-corrected chi connectivity index (χ4v) is 2.83. The average molecular weight is 211 g/mol. The van der Waals surface area contributed by atoms with Crippen LogP contribution in [0.1, 0.15) is 23.3 Å². The van der Waals surface area contributed by atoms with E-state index >= 15 is 0 Å². The molecular weight excluding hydrogens is 194 g/mol. The van der Waals surface area contributed by atoms with Crippen LogP contribution in [0, 0.1) is 0 Å². The van der Waals surface area contributed by atoms with E-state index in [1.165, 1.54) is 18.5 Å². The van der Waals surface area contributed by atoms with Crippen molar-refractivity contribution in [3.63, 3.8) is 0 Å². The molecule has 0 aromatic carbocycles. The molecule has 0 atom stereocenters. The van der Waals surface area contributed by atoms with E-state index in [-0.39, 0.29) is 0 Å². The van der Waals surface area contributed by atoms with Gasteiger partial charge in [0, 0.05) is 24.6 Å². The second-order valence-corrected chi connectivity index (χ2v) is 4.83. The molecule has 0 saturated carbocycles. The maximum absolute atomic E-state index is 8.70. The standard InChI is InChI=1S/C11H17NOS/c13-7-2-1-5-12-6-3-11-10(9-12)4-8-14-11/h4,8,13H,1-3,5-7,9H2. The number of nitrogens with zero attached hydrogens (tertiary/aromatic N) is 1. The van der Waals surface area contributed by atoms with Gasteiger partial charge in [0.15, 0.2) is 0 Å². The highest BCUT2D eigenvalue weighted by molar-refractivity contribution is 7.10. The SMILES string of the molecule is OCCCCN1CCc2sccc2C1.